The van der Waals surface area contributed by atoms with Crippen molar-refractivity contribution in [2.24, 2.45) is 4.99 Å². The molecular formula is C32H34ClN4NaO2. The maximum Gasteiger partial charge on any atom is 1.00 e. The molecule has 0 fully saturated rings. The molecule has 0 aromatic heterocycles. The van der Waals surface area contributed by atoms with E-state index < -0.39 is 5.97 Å². The van der Waals surface area contributed by atoms with Crippen LogP contribution in [0.2, 0.25) is 0 Å². The average Bonchev–Trinajstić information content (AvgIpc) is 3.46. The van der Waals surface area contributed by atoms with Gasteiger partial charge in [-0.3, -0.25) is 4.99 Å². The fourth-order valence-electron chi connectivity index (χ4n) is 4.22. The van der Waals surface area contributed by atoms with Crippen LogP contribution in [0.25, 0.3) is 0 Å². The Labute approximate surface area is 265 Å². The summed E-state index contributed by atoms with van der Waals surface area (Å²) in [7, 11) is 0. The maximum atomic E-state index is 11.1. The Balaban J connectivity index is 0.000000268. The number of para-hydroxylation sites is 2. The molecule has 4 aromatic carbocycles. The van der Waals surface area contributed by atoms with E-state index in [0.29, 0.717) is 5.69 Å². The zero-order chi connectivity index (χ0) is 26.7. The maximum absolute atomic E-state index is 11.1. The predicted molar refractivity (Wildman–Crippen MR) is 157 cm³/mol. The third-order valence-electron chi connectivity index (χ3n) is 6.45. The number of aryl methyl sites for hydroxylation is 1. The van der Waals surface area contributed by atoms with Crippen LogP contribution in [0.4, 0.5) is 17.1 Å². The number of carboxylic acids is 1. The van der Waals surface area contributed by atoms with Crippen LogP contribution in [0.1, 0.15) is 27.0 Å². The van der Waals surface area contributed by atoms with Crippen molar-refractivity contribution in [3.63, 3.8) is 0 Å². The second-order valence-electron chi connectivity index (χ2n) is 9.16. The molecule has 6 nitrogen and oxygen atoms in total. The van der Waals surface area contributed by atoms with Gasteiger partial charge in [-0.15, -0.1) is 0 Å². The van der Waals surface area contributed by atoms with Crippen molar-refractivity contribution >= 4 is 28.9 Å². The van der Waals surface area contributed by atoms with Crippen molar-refractivity contribution in [3.8, 4) is 0 Å². The smallest absolute Gasteiger partial charge is 1.00 e. The predicted octanol–water partition coefficient (Wildman–Crippen LogP) is 0.448. The molecule has 0 bridgehead atoms. The molecule has 5 rings (SSSR count). The third kappa shape index (κ3) is 9.42. The van der Waals surface area contributed by atoms with Crippen molar-refractivity contribution in [2.75, 3.05) is 29.9 Å². The van der Waals surface area contributed by atoms with Crippen LogP contribution in [0, 0.1) is 13.8 Å². The summed E-state index contributed by atoms with van der Waals surface area (Å²) in [5, 5.41) is 15.7. The summed E-state index contributed by atoms with van der Waals surface area (Å²) in [5.74, 6) is 0.160. The zero-order valence-electron chi connectivity index (χ0n) is 23.3. The Morgan fingerprint density at radius 3 is 2.12 bits per heavy atom. The van der Waals surface area contributed by atoms with E-state index in [-0.39, 0.29) is 47.5 Å². The van der Waals surface area contributed by atoms with Crippen LogP contribution in [-0.2, 0) is 6.54 Å². The average molecular weight is 565 g/mol. The van der Waals surface area contributed by atoms with Gasteiger partial charge in [0.2, 0.25) is 0 Å². The van der Waals surface area contributed by atoms with E-state index in [2.05, 4.69) is 81.2 Å². The largest absolute Gasteiger partial charge is 1.00 e. The molecule has 0 saturated heterocycles. The summed E-state index contributed by atoms with van der Waals surface area (Å²) in [4.78, 5) is 18.0. The Morgan fingerprint density at radius 1 is 0.850 bits per heavy atom. The normalized spacial score (nSPS) is 11.4. The summed E-state index contributed by atoms with van der Waals surface area (Å²) < 4.78 is 0. The molecule has 0 saturated carbocycles. The first-order valence-electron chi connectivity index (χ1n) is 12.8. The first-order chi connectivity index (χ1) is 18.5. The minimum atomic E-state index is -0.927. The molecule has 4 aromatic rings. The first kappa shape index (κ1) is 32.9. The molecule has 0 atom stereocenters. The molecule has 1 aliphatic heterocycles. The number of carboxylic acid groups (broad SMARTS) is 1. The van der Waals surface area contributed by atoms with Crippen LogP contribution in [0.3, 0.4) is 0 Å². The van der Waals surface area contributed by atoms with E-state index in [1.807, 2.05) is 38.1 Å². The molecule has 40 heavy (non-hydrogen) atoms. The van der Waals surface area contributed by atoms with Gasteiger partial charge in [-0.05, 0) is 60.9 Å². The number of amidine groups is 1. The number of halogens is 1. The number of benzene rings is 4. The second-order valence-corrected chi connectivity index (χ2v) is 9.16. The number of aliphatic imine (C=N–C) groups is 1. The van der Waals surface area contributed by atoms with Gasteiger partial charge in [-0.1, -0.05) is 72.8 Å². The number of hydrogen-bond donors (Lipinski definition) is 3. The summed E-state index contributed by atoms with van der Waals surface area (Å²) in [6.45, 7) is 7.63. The molecular weight excluding hydrogens is 531 g/mol. The van der Waals surface area contributed by atoms with E-state index in [1.165, 1.54) is 16.8 Å². The molecule has 202 valence electrons. The minimum absolute atomic E-state index is 0. The van der Waals surface area contributed by atoms with Gasteiger partial charge >= 0.3 is 35.5 Å². The fourth-order valence-corrected chi connectivity index (χ4v) is 4.22. The number of nitrogens with zero attached hydrogens (tertiary/aromatic N) is 2. The van der Waals surface area contributed by atoms with Gasteiger partial charge < -0.3 is 33.0 Å². The number of anilines is 3. The van der Waals surface area contributed by atoms with Crippen LogP contribution < -0.4 is 57.5 Å². The molecule has 0 unspecified atom stereocenters. The molecule has 1 aliphatic rings. The van der Waals surface area contributed by atoms with Crippen molar-refractivity contribution in [2.45, 2.75) is 20.4 Å². The van der Waals surface area contributed by atoms with Gasteiger partial charge in [-0.25, -0.2) is 4.79 Å². The van der Waals surface area contributed by atoms with Gasteiger partial charge in [0.15, 0.2) is 0 Å². The monoisotopic (exact) mass is 564 g/mol. The Bertz CT molecular complexity index is 1380. The van der Waals surface area contributed by atoms with Crippen molar-refractivity contribution < 1.29 is 51.9 Å². The number of rotatable bonds is 8. The van der Waals surface area contributed by atoms with Crippen LogP contribution in [-0.4, -0.2) is 36.5 Å². The number of carbonyl (C=O) groups is 1. The van der Waals surface area contributed by atoms with Crippen LogP contribution >= 0.6 is 0 Å². The molecule has 0 spiro atoms. The van der Waals surface area contributed by atoms with E-state index in [0.717, 1.165) is 43.3 Å². The van der Waals surface area contributed by atoms with Crippen molar-refractivity contribution in [1.82, 2.24) is 5.32 Å². The van der Waals surface area contributed by atoms with E-state index in [4.69, 9.17) is 5.11 Å². The SMILES string of the molecule is Cc1cccc(Nc2ccccc2C(=O)O)c1C.[Cl-].[Na+].c1ccc(CN(CC2=NCCN2)c2ccccc2)cc1. The first-order valence-corrected chi connectivity index (χ1v) is 12.8. The van der Waals surface area contributed by atoms with E-state index >= 15 is 0 Å². The molecule has 3 N–H and O–H groups in total. The van der Waals surface area contributed by atoms with Gasteiger partial charge in [-0.2, -0.15) is 0 Å². The molecule has 0 amide bonds. The summed E-state index contributed by atoms with van der Waals surface area (Å²) >= 11 is 0. The van der Waals surface area contributed by atoms with E-state index in [1.54, 1.807) is 18.2 Å². The topological polar surface area (TPSA) is 77.0 Å². The van der Waals surface area contributed by atoms with E-state index in [9.17, 15) is 4.79 Å². The summed E-state index contributed by atoms with van der Waals surface area (Å²) in [5.41, 5.74) is 6.66. The molecule has 8 heteroatoms. The second kappa shape index (κ2) is 16.7. The standard InChI is InChI=1S/C17H19N3.C15H15NO2.ClH.Na/c1-3-7-15(8-4-1)13-20(14-17-18-11-12-19-17)16-9-5-2-6-10-16;1-10-6-5-9-13(11(10)2)16-14-8-4-3-7-12(14)15(17)18;;/h1-10H,11-14H2,(H,18,19);3-9,16H,1-2H3,(H,17,18);1H;/q;;;+1/p-1. The van der Waals surface area contributed by atoms with Crippen molar-refractivity contribution in [3.05, 3.63) is 125 Å². The molecule has 0 radical (unpaired) electrons. The summed E-state index contributed by atoms with van der Waals surface area (Å²) in [6.07, 6.45) is 0. The number of hydrogen-bond acceptors (Lipinski definition) is 5. The Hall–Kier alpha value is -3.29. The molecule has 1 heterocycles. The van der Waals surface area contributed by atoms with Crippen molar-refractivity contribution in [1.29, 1.82) is 0 Å². The molecule has 0 aliphatic carbocycles. The van der Waals surface area contributed by atoms with Crippen LogP contribution in [0.15, 0.2) is 108 Å². The van der Waals surface area contributed by atoms with Gasteiger partial charge in [0.1, 0.15) is 5.84 Å². The zero-order valence-corrected chi connectivity index (χ0v) is 26.0. The van der Waals surface area contributed by atoms with Gasteiger partial charge in [0, 0.05) is 24.5 Å². The Morgan fingerprint density at radius 2 is 1.48 bits per heavy atom. The van der Waals surface area contributed by atoms with Crippen LogP contribution in [0.5, 0.6) is 0 Å². The minimum Gasteiger partial charge on any atom is -1.00 e. The van der Waals surface area contributed by atoms with Gasteiger partial charge in [0.05, 0.1) is 24.3 Å². The quantitative estimate of drug-likeness (QED) is 0.271. The number of aromatic carboxylic acids is 1. The Kier molecular flexibility index (Phi) is 13.8. The fraction of sp³-hybridized carbons (Fsp3) is 0.188. The van der Waals surface area contributed by atoms with Gasteiger partial charge in [0.25, 0.3) is 0 Å². The summed E-state index contributed by atoms with van der Waals surface area (Å²) in [6, 6.07) is 33.9. The number of nitrogens with one attached hydrogen (secondary N) is 2. The third-order valence-corrected chi connectivity index (χ3v) is 6.45.